The summed E-state index contributed by atoms with van der Waals surface area (Å²) in [6.45, 7) is 3.72. The van der Waals surface area contributed by atoms with Crippen LogP contribution in [-0.2, 0) is 9.59 Å². The summed E-state index contributed by atoms with van der Waals surface area (Å²) in [4.78, 5) is 25.0. The summed E-state index contributed by atoms with van der Waals surface area (Å²) in [6.07, 6.45) is 0.228. The molecule has 4 nitrogen and oxygen atoms in total. The van der Waals surface area contributed by atoms with Gasteiger partial charge in [-0.25, -0.2) is 4.39 Å². The normalized spacial score (nSPS) is 20.6. The zero-order valence-corrected chi connectivity index (χ0v) is 10.4. The van der Waals surface area contributed by atoms with Gasteiger partial charge in [-0.2, -0.15) is 0 Å². The van der Waals surface area contributed by atoms with Gasteiger partial charge in [0.15, 0.2) is 0 Å². The van der Waals surface area contributed by atoms with E-state index in [4.69, 9.17) is 0 Å². The van der Waals surface area contributed by atoms with Gasteiger partial charge in [-0.05, 0) is 31.5 Å². The molecule has 1 fully saturated rings. The van der Waals surface area contributed by atoms with E-state index in [2.05, 4.69) is 5.32 Å². The SMILES string of the molecule is Cc1ccc(F)cc1N1CCC(=O)NC(C)C1=O. The molecule has 0 aliphatic carbocycles. The molecule has 2 amide bonds. The Morgan fingerprint density at radius 2 is 2.11 bits per heavy atom. The second kappa shape index (κ2) is 4.76. The van der Waals surface area contributed by atoms with Crippen LogP contribution in [0.2, 0.25) is 0 Å². The van der Waals surface area contributed by atoms with Crippen LogP contribution in [0.25, 0.3) is 0 Å². The maximum absolute atomic E-state index is 13.3. The first-order valence-electron chi connectivity index (χ1n) is 5.86. The van der Waals surface area contributed by atoms with Gasteiger partial charge in [-0.15, -0.1) is 0 Å². The van der Waals surface area contributed by atoms with E-state index in [9.17, 15) is 14.0 Å². The molecule has 2 rings (SSSR count). The quantitative estimate of drug-likeness (QED) is 0.818. The Hall–Kier alpha value is -1.91. The van der Waals surface area contributed by atoms with Crippen LogP contribution in [0, 0.1) is 12.7 Å². The van der Waals surface area contributed by atoms with Gasteiger partial charge in [0.1, 0.15) is 11.9 Å². The summed E-state index contributed by atoms with van der Waals surface area (Å²) < 4.78 is 13.3. The maximum Gasteiger partial charge on any atom is 0.249 e. The smallest absolute Gasteiger partial charge is 0.249 e. The first kappa shape index (κ1) is 12.5. The van der Waals surface area contributed by atoms with Crippen molar-refractivity contribution < 1.29 is 14.0 Å². The number of carbonyl (C=O) groups excluding carboxylic acids is 2. The number of rotatable bonds is 1. The fourth-order valence-corrected chi connectivity index (χ4v) is 2.05. The Morgan fingerprint density at radius 3 is 2.83 bits per heavy atom. The van der Waals surface area contributed by atoms with Crippen molar-refractivity contribution in [2.45, 2.75) is 26.3 Å². The number of amides is 2. The molecule has 0 aromatic heterocycles. The molecule has 1 heterocycles. The number of hydrogen-bond donors (Lipinski definition) is 1. The Bertz CT molecular complexity index is 502. The predicted octanol–water partition coefficient (Wildman–Crippen LogP) is 1.38. The van der Waals surface area contributed by atoms with Crippen LogP contribution >= 0.6 is 0 Å². The summed E-state index contributed by atoms with van der Waals surface area (Å²) in [5.41, 5.74) is 1.34. The van der Waals surface area contributed by atoms with E-state index in [0.29, 0.717) is 5.69 Å². The van der Waals surface area contributed by atoms with Crippen molar-refractivity contribution in [1.29, 1.82) is 0 Å². The van der Waals surface area contributed by atoms with Crippen molar-refractivity contribution in [1.82, 2.24) is 5.32 Å². The molecule has 0 saturated carbocycles. The van der Waals surface area contributed by atoms with Crippen LogP contribution < -0.4 is 10.2 Å². The lowest BCUT2D eigenvalue weighted by Gasteiger charge is -2.24. The zero-order chi connectivity index (χ0) is 13.3. The molecular weight excluding hydrogens is 235 g/mol. The van der Waals surface area contributed by atoms with Gasteiger partial charge in [-0.3, -0.25) is 9.59 Å². The Morgan fingerprint density at radius 1 is 1.39 bits per heavy atom. The summed E-state index contributed by atoms with van der Waals surface area (Å²) in [5.74, 6) is -0.762. The number of halogens is 1. The molecule has 1 aliphatic heterocycles. The minimum absolute atomic E-state index is 0.160. The molecule has 1 aromatic carbocycles. The molecule has 1 unspecified atom stereocenters. The number of carbonyl (C=O) groups is 2. The summed E-state index contributed by atoms with van der Waals surface area (Å²) >= 11 is 0. The highest BCUT2D eigenvalue weighted by molar-refractivity contribution is 6.01. The minimum Gasteiger partial charge on any atom is -0.345 e. The average Bonchev–Trinajstić information content (AvgIpc) is 2.44. The maximum atomic E-state index is 13.3. The fourth-order valence-electron chi connectivity index (χ4n) is 2.05. The van der Waals surface area contributed by atoms with Crippen LogP contribution in [0.1, 0.15) is 18.9 Å². The van der Waals surface area contributed by atoms with Crippen LogP contribution in [0.15, 0.2) is 18.2 Å². The molecule has 0 spiro atoms. The topological polar surface area (TPSA) is 49.4 Å². The number of nitrogens with one attached hydrogen (secondary N) is 1. The van der Waals surface area contributed by atoms with Crippen molar-refractivity contribution in [3.63, 3.8) is 0 Å². The van der Waals surface area contributed by atoms with Gasteiger partial charge in [-0.1, -0.05) is 6.07 Å². The van der Waals surface area contributed by atoms with Crippen molar-refractivity contribution in [3.05, 3.63) is 29.6 Å². The number of hydrogen-bond acceptors (Lipinski definition) is 2. The lowest BCUT2D eigenvalue weighted by atomic mass is 10.1. The Labute approximate surface area is 105 Å². The van der Waals surface area contributed by atoms with E-state index in [1.807, 2.05) is 6.92 Å². The van der Waals surface area contributed by atoms with Gasteiger partial charge in [0.25, 0.3) is 0 Å². The third-order valence-electron chi connectivity index (χ3n) is 3.04. The number of nitrogens with zero attached hydrogens (tertiary/aromatic N) is 1. The van der Waals surface area contributed by atoms with Gasteiger partial charge < -0.3 is 10.2 Å². The largest absolute Gasteiger partial charge is 0.345 e. The van der Waals surface area contributed by atoms with E-state index in [1.54, 1.807) is 13.0 Å². The molecule has 1 atom stereocenters. The van der Waals surface area contributed by atoms with Crippen molar-refractivity contribution in [3.8, 4) is 0 Å². The lowest BCUT2D eigenvalue weighted by molar-refractivity contribution is -0.125. The average molecular weight is 250 g/mol. The monoisotopic (exact) mass is 250 g/mol. The van der Waals surface area contributed by atoms with Crippen LogP contribution in [0.5, 0.6) is 0 Å². The van der Waals surface area contributed by atoms with E-state index in [1.165, 1.54) is 17.0 Å². The van der Waals surface area contributed by atoms with Crippen molar-refractivity contribution in [2.24, 2.45) is 0 Å². The number of benzene rings is 1. The van der Waals surface area contributed by atoms with Gasteiger partial charge in [0, 0.05) is 18.7 Å². The minimum atomic E-state index is -0.581. The third kappa shape index (κ3) is 2.34. The molecule has 96 valence electrons. The van der Waals surface area contributed by atoms with Crippen LogP contribution in [-0.4, -0.2) is 24.4 Å². The van der Waals surface area contributed by atoms with Gasteiger partial charge >= 0.3 is 0 Å². The summed E-state index contributed by atoms with van der Waals surface area (Å²) in [6, 6.07) is 3.73. The molecule has 1 N–H and O–H groups in total. The lowest BCUT2D eigenvalue weighted by Crippen LogP contribution is -2.43. The molecule has 1 aromatic rings. The molecule has 0 bridgehead atoms. The zero-order valence-electron chi connectivity index (χ0n) is 10.4. The first-order chi connectivity index (χ1) is 8.49. The van der Waals surface area contributed by atoms with Crippen LogP contribution in [0.4, 0.5) is 10.1 Å². The van der Waals surface area contributed by atoms with Gasteiger partial charge in [0.05, 0.1) is 0 Å². The number of anilines is 1. The van der Waals surface area contributed by atoms with Crippen molar-refractivity contribution in [2.75, 3.05) is 11.4 Å². The highest BCUT2D eigenvalue weighted by Crippen LogP contribution is 2.23. The fraction of sp³-hybridized carbons (Fsp3) is 0.385. The molecule has 1 aliphatic rings. The predicted molar refractivity (Wildman–Crippen MR) is 65.7 cm³/mol. The third-order valence-corrected chi connectivity index (χ3v) is 3.04. The second-order valence-electron chi connectivity index (χ2n) is 4.46. The first-order valence-corrected chi connectivity index (χ1v) is 5.86. The Kier molecular flexibility index (Phi) is 3.32. The van der Waals surface area contributed by atoms with Gasteiger partial charge in [0.2, 0.25) is 11.8 Å². The summed E-state index contributed by atoms with van der Waals surface area (Å²) in [7, 11) is 0. The van der Waals surface area contributed by atoms with E-state index >= 15 is 0 Å². The molecule has 0 radical (unpaired) electrons. The molecule has 1 saturated heterocycles. The second-order valence-corrected chi connectivity index (χ2v) is 4.46. The molecular formula is C13H15FN2O2. The number of aryl methyl sites for hydroxylation is 1. The summed E-state index contributed by atoms with van der Waals surface area (Å²) in [5, 5.41) is 2.60. The van der Waals surface area contributed by atoms with Crippen molar-refractivity contribution >= 4 is 17.5 Å². The Balaban J connectivity index is 2.38. The highest BCUT2D eigenvalue weighted by Gasteiger charge is 2.28. The molecule has 5 heteroatoms. The highest BCUT2D eigenvalue weighted by atomic mass is 19.1. The van der Waals surface area contributed by atoms with Crippen LogP contribution in [0.3, 0.4) is 0 Å². The van der Waals surface area contributed by atoms with E-state index < -0.39 is 6.04 Å². The standard InChI is InChI=1S/C13H15FN2O2/c1-8-3-4-10(14)7-11(8)16-6-5-12(17)15-9(2)13(16)18/h3-4,7,9H,5-6H2,1-2H3,(H,15,17). The molecule has 18 heavy (non-hydrogen) atoms. The van der Waals surface area contributed by atoms with E-state index in [0.717, 1.165) is 5.56 Å². The van der Waals surface area contributed by atoms with E-state index in [-0.39, 0.29) is 30.6 Å².